The van der Waals surface area contributed by atoms with Crippen molar-refractivity contribution >= 4 is 45.0 Å². The van der Waals surface area contributed by atoms with E-state index in [1.807, 2.05) is 25.1 Å². The number of carbonyl (C=O) groups excluding carboxylic acids is 1. The number of para-hydroxylation sites is 1. The summed E-state index contributed by atoms with van der Waals surface area (Å²) in [6.07, 6.45) is 2.45. The maximum atomic E-state index is 12.6. The van der Waals surface area contributed by atoms with Crippen LogP contribution in [0.3, 0.4) is 0 Å². The van der Waals surface area contributed by atoms with E-state index in [0.29, 0.717) is 27.7 Å². The van der Waals surface area contributed by atoms with E-state index in [4.69, 9.17) is 0 Å². The Labute approximate surface area is 147 Å². The smallest absolute Gasteiger partial charge is 0.262 e. The van der Waals surface area contributed by atoms with Crippen LogP contribution in [0.4, 0.5) is 5.13 Å². The summed E-state index contributed by atoms with van der Waals surface area (Å²) >= 11 is 2.63. The van der Waals surface area contributed by atoms with Gasteiger partial charge >= 0.3 is 0 Å². The van der Waals surface area contributed by atoms with Gasteiger partial charge < -0.3 is 5.32 Å². The predicted molar refractivity (Wildman–Crippen MR) is 97.8 cm³/mol. The average Bonchev–Trinajstić information content (AvgIpc) is 3.09. The van der Waals surface area contributed by atoms with Crippen molar-refractivity contribution in [1.29, 1.82) is 0 Å². The minimum absolute atomic E-state index is 0.0646. The van der Waals surface area contributed by atoms with Gasteiger partial charge in [0.1, 0.15) is 0 Å². The third kappa shape index (κ3) is 3.65. The normalized spacial score (nSPS) is 10.9. The average molecular weight is 360 g/mol. The quantitative estimate of drug-likeness (QED) is 0.540. The molecule has 3 rings (SSSR count). The Morgan fingerprint density at radius 2 is 2.21 bits per heavy atom. The number of hydrogen-bond donors (Lipinski definition) is 1. The summed E-state index contributed by atoms with van der Waals surface area (Å²) in [6, 6.07) is 7.27. The number of hydrogen-bond acceptors (Lipinski definition) is 6. The molecule has 24 heavy (non-hydrogen) atoms. The van der Waals surface area contributed by atoms with Crippen molar-refractivity contribution < 1.29 is 4.79 Å². The zero-order chi connectivity index (χ0) is 16.9. The van der Waals surface area contributed by atoms with Crippen molar-refractivity contribution in [3.8, 4) is 0 Å². The van der Waals surface area contributed by atoms with Crippen molar-refractivity contribution in [2.24, 2.45) is 0 Å². The number of carbonyl (C=O) groups is 1. The SMILES string of the molecule is CCCn1c(SCC(=O)Nc2nccs2)nc2ccccc2c1=O. The van der Waals surface area contributed by atoms with Crippen LogP contribution >= 0.6 is 23.1 Å². The molecule has 0 saturated carbocycles. The number of nitrogens with zero attached hydrogens (tertiary/aromatic N) is 3. The molecule has 0 radical (unpaired) electrons. The molecular weight excluding hydrogens is 344 g/mol. The van der Waals surface area contributed by atoms with E-state index >= 15 is 0 Å². The Hall–Kier alpha value is -2.19. The fourth-order valence-electron chi connectivity index (χ4n) is 2.25. The molecule has 0 aliphatic rings. The highest BCUT2D eigenvalue weighted by Gasteiger charge is 2.13. The van der Waals surface area contributed by atoms with Crippen molar-refractivity contribution in [2.45, 2.75) is 25.0 Å². The lowest BCUT2D eigenvalue weighted by molar-refractivity contribution is -0.113. The molecule has 2 heterocycles. The molecule has 0 bridgehead atoms. The third-order valence-electron chi connectivity index (χ3n) is 3.28. The highest BCUT2D eigenvalue weighted by Crippen LogP contribution is 2.19. The maximum absolute atomic E-state index is 12.6. The highest BCUT2D eigenvalue weighted by atomic mass is 32.2. The third-order valence-corrected chi connectivity index (χ3v) is 4.95. The second-order valence-electron chi connectivity index (χ2n) is 5.04. The second-order valence-corrected chi connectivity index (χ2v) is 6.88. The van der Waals surface area contributed by atoms with Crippen LogP contribution < -0.4 is 10.9 Å². The van der Waals surface area contributed by atoms with E-state index in [-0.39, 0.29) is 17.2 Å². The Kier molecular flexibility index (Phi) is 5.27. The van der Waals surface area contributed by atoms with Gasteiger partial charge in [-0.25, -0.2) is 9.97 Å². The zero-order valence-corrected chi connectivity index (χ0v) is 14.7. The Balaban J connectivity index is 1.83. The van der Waals surface area contributed by atoms with Crippen LogP contribution in [-0.4, -0.2) is 26.2 Å². The summed E-state index contributed by atoms with van der Waals surface area (Å²) < 4.78 is 1.64. The number of nitrogens with one attached hydrogen (secondary N) is 1. The summed E-state index contributed by atoms with van der Waals surface area (Å²) in [4.78, 5) is 33.2. The molecule has 8 heteroatoms. The van der Waals surface area contributed by atoms with Crippen LogP contribution in [0.5, 0.6) is 0 Å². The Bertz CT molecular complexity index is 906. The molecule has 0 unspecified atom stereocenters. The fourth-order valence-corrected chi connectivity index (χ4v) is 3.62. The summed E-state index contributed by atoms with van der Waals surface area (Å²) in [5, 5.41) is 6.26. The molecular formula is C16H16N4O2S2. The van der Waals surface area contributed by atoms with Gasteiger partial charge in [-0.05, 0) is 18.6 Å². The number of anilines is 1. The number of amides is 1. The lowest BCUT2D eigenvalue weighted by Crippen LogP contribution is -2.24. The highest BCUT2D eigenvalue weighted by molar-refractivity contribution is 7.99. The van der Waals surface area contributed by atoms with Gasteiger partial charge in [-0.2, -0.15) is 0 Å². The molecule has 6 nitrogen and oxygen atoms in total. The van der Waals surface area contributed by atoms with Gasteiger partial charge in [0, 0.05) is 18.1 Å². The van der Waals surface area contributed by atoms with Crippen LogP contribution in [0, 0.1) is 0 Å². The number of fused-ring (bicyclic) bond motifs is 1. The monoisotopic (exact) mass is 360 g/mol. The first kappa shape index (κ1) is 16.7. The van der Waals surface area contributed by atoms with Crippen LogP contribution in [0.2, 0.25) is 0 Å². The number of thiazole rings is 1. The number of thioether (sulfide) groups is 1. The predicted octanol–water partition coefficient (Wildman–Crippen LogP) is 2.99. The van der Waals surface area contributed by atoms with Gasteiger partial charge in [0.15, 0.2) is 10.3 Å². The minimum atomic E-state index is -0.166. The molecule has 3 aromatic rings. The summed E-state index contributed by atoms with van der Waals surface area (Å²) in [7, 11) is 0. The molecule has 0 atom stereocenters. The van der Waals surface area contributed by atoms with Crippen LogP contribution in [0.25, 0.3) is 10.9 Å². The largest absolute Gasteiger partial charge is 0.301 e. The Morgan fingerprint density at radius 3 is 2.96 bits per heavy atom. The van der Waals surface area contributed by atoms with E-state index in [0.717, 1.165) is 6.42 Å². The van der Waals surface area contributed by atoms with Crippen molar-refractivity contribution in [2.75, 3.05) is 11.1 Å². The number of benzene rings is 1. The summed E-state index contributed by atoms with van der Waals surface area (Å²) in [5.74, 6) is 0.00839. The molecule has 124 valence electrons. The van der Waals surface area contributed by atoms with Gasteiger partial charge in [0.25, 0.3) is 5.56 Å². The lowest BCUT2D eigenvalue weighted by Gasteiger charge is -2.12. The summed E-state index contributed by atoms with van der Waals surface area (Å²) in [6.45, 7) is 2.58. The lowest BCUT2D eigenvalue weighted by atomic mass is 10.2. The molecule has 0 fully saturated rings. The standard InChI is InChI=1S/C16H16N4O2S2/c1-2-8-20-14(22)11-5-3-4-6-12(11)18-16(20)24-10-13(21)19-15-17-7-9-23-15/h3-7,9H,2,8,10H2,1H3,(H,17,19,21). The van der Waals surface area contributed by atoms with E-state index in [2.05, 4.69) is 15.3 Å². The first-order valence-corrected chi connectivity index (χ1v) is 9.37. The molecule has 0 saturated heterocycles. The molecule has 1 N–H and O–H groups in total. The first-order chi connectivity index (χ1) is 11.7. The number of aromatic nitrogens is 3. The van der Waals surface area contributed by atoms with Crippen LogP contribution in [0.1, 0.15) is 13.3 Å². The minimum Gasteiger partial charge on any atom is -0.301 e. The molecule has 0 spiro atoms. The fraction of sp³-hybridized carbons (Fsp3) is 0.250. The van der Waals surface area contributed by atoms with Crippen molar-refractivity contribution in [3.05, 3.63) is 46.2 Å². The molecule has 2 aromatic heterocycles. The van der Waals surface area contributed by atoms with Crippen molar-refractivity contribution in [3.63, 3.8) is 0 Å². The van der Waals surface area contributed by atoms with Gasteiger partial charge in [-0.1, -0.05) is 30.8 Å². The van der Waals surface area contributed by atoms with E-state index in [1.54, 1.807) is 22.2 Å². The van der Waals surface area contributed by atoms with Crippen molar-refractivity contribution in [1.82, 2.24) is 14.5 Å². The zero-order valence-electron chi connectivity index (χ0n) is 13.1. The van der Waals surface area contributed by atoms with Gasteiger partial charge in [-0.3, -0.25) is 14.2 Å². The Morgan fingerprint density at radius 1 is 1.38 bits per heavy atom. The second kappa shape index (κ2) is 7.59. The molecule has 0 aliphatic carbocycles. The first-order valence-electron chi connectivity index (χ1n) is 7.50. The van der Waals surface area contributed by atoms with E-state index < -0.39 is 0 Å². The molecule has 1 aromatic carbocycles. The maximum Gasteiger partial charge on any atom is 0.262 e. The molecule has 1 amide bonds. The van der Waals surface area contributed by atoms with Crippen LogP contribution in [0.15, 0.2) is 45.8 Å². The van der Waals surface area contributed by atoms with Gasteiger partial charge in [0.2, 0.25) is 5.91 Å². The van der Waals surface area contributed by atoms with E-state index in [9.17, 15) is 9.59 Å². The number of rotatable bonds is 6. The van der Waals surface area contributed by atoms with Gasteiger partial charge in [0.05, 0.1) is 16.7 Å². The summed E-state index contributed by atoms with van der Waals surface area (Å²) in [5.41, 5.74) is 0.586. The topological polar surface area (TPSA) is 76.9 Å². The van der Waals surface area contributed by atoms with Gasteiger partial charge in [-0.15, -0.1) is 11.3 Å². The molecule has 0 aliphatic heterocycles. The van der Waals surface area contributed by atoms with Crippen LogP contribution in [-0.2, 0) is 11.3 Å². The van der Waals surface area contributed by atoms with E-state index in [1.165, 1.54) is 23.1 Å².